The number of carbonyl (C=O) groups is 1. The topological polar surface area (TPSA) is 50.5 Å². The van der Waals surface area contributed by atoms with Gasteiger partial charge in [0.05, 0.1) is 5.69 Å². The molecule has 130 valence electrons. The summed E-state index contributed by atoms with van der Waals surface area (Å²) < 4.78 is 1.94. The van der Waals surface area contributed by atoms with Gasteiger partial charge in [0.25, 0.3) is 5.91 Å². The van der Waals surface area contributed by atoms with E-state index in [0.29, 0.717) is 18.8 Å². The Morgan fingerprint density at radius 2 is 1.96 bits per heavy atom. The standard InChI is InChI=1S/C20H24N4O/c1-4-17-18(24-13-6-7-15(3)19(24)22-17)20(25)23(5-2)14-10-16-8-11-21-12-9-16/h6-9,11-13H,4-5,10,14H2,1-3H3. The zero-order valence-corrected chi connectivity index (χ0v) is 15.1. The fourth-order valence-electron chi connectivity index (χ4n) is 3.09. The second-order valence-corrected chi connectivity index (χ2v) is 6.14. The number of rotatable bonds is 6. The third kappa shape index (κ3) is 3.40. The summed E-state index contributed by atoms with van der Waals surface area (Å²) in [5, 5.41) is 0. The average molecular weight is 336 g/mol. The Labute approximate surface area is 148 Å². The van der Waals surface area contributed by atoms with Crippen molar-refractivity contribution in [3.8, 4) is 0 Å². The van der Waals surface area contributed by atoms with E-state index in [1.54, 1.807) is 12.4 Å². The summed E-state index contributed by atoms with van der Waals surface area (Å²) in [6, 6.07) is 7.98. The Balaban J connectivity index is 1.90. The van der Waals surface area contributed by atoms with Crippen LogP contribution >= 0.6 is 0 Å². The molecule has 0 aromatic carbocycles. The molecule has 0 bridgehead atoms. The number of aryl methyl sites for hydroxylation is 2. The molecule has 1 amide bonds. The average Bonchev–Trinajstić information content (AvgIpc) is 3.03. The van der Waals surface area contributed by atoms with Crippen LogP contribution in [-0.4, -0.2) is 38.3 Å². The molecule has 3 aromatic heterocycles. The van der Waals surface area contributed by atoms with Crippen molar-refractivity contribution >= 4 is 11.6 Å². The summed E-state index contributed by atoms with van der Waals surface area (Å²) in [4.78, 5) is 23.8. The third-order valence-corrected chi connectivity index (χ3v) is 4.54. The van der Waals surface area contributed by atoms with Crippen molar-refractivity contribution < 1.29 is 4.79 Å². The van der Waals surface area contributed by atoms with Gasteiger partial charge in [-0.25, -0.2) is 4.98 Å². The van der Waals surface area contributed by atoms with Gasteiger partial charge in [0.15, 0.2) is 0 Å². The van der Waals surface area contributed by atoms with Crippen LogP contribution in [0.25, 0.3) is 5.65 Å². The van der Waals surface area contributed by atoms with Crippen molar-refractivity contribution in [2.24, 2.45) is 0 Å². The van der Waals surface area contributed by atoms with Gasteiger partial charge >= 0.3 is 0 Å². The normalized spacial score (nSPS) is 11.0. The fourth-order valence-corrected chi connectivity index (χ4v) is 3.09. The minimum atomic E-state index is 0.0477. The van der Waals surface area contributed by atoms with Gasteiger partial charge in [-0.1, -0.05) is 13.0 Å². The first-order valence-corrected chi connectivity index (χ1v) is 8.80. The van der Waals surface area contributed by atoms with Crippen LogP contribution in [0.2, 0.25) is 0 Å². The van der Waals surface area contributed by atoms with E-state index in [4.69, 9.17) is 4.98 Å². The third-order valence-electron chi connectivity index (χ3n) is 4.54. The van der Waals surface area contributed by atoms with Gasteiger partial charge < -0.3 is 4.90 Å². The van der Waals surface area contributed by atoms with Gasteiger partial charge in [-0.3, -0.25) is 14.2 Å². The Bertz CT molecular complexity index is 870. The maximum Gasteiger partial charge on any atom is 0.272 e. The smallest absolute Gasteiger partial charge is 0.272 e. The lowest BCUT2D eigenvalue weighted by atomic mass is 10.1. The van der Waals surface area contributed by atoms with E-state index in [9.17, 15) is 4.79 Å². The molecule has 0 aliphatic rings. The number of likely N-dealkylation sites (N-methyl/N-ethyl adjacent to an activating group) is 1. The van der Waals surface area contributed by atoms with Crippen LogP contribution in [0, 0.1) is 6.92 Å². The Morgan fingerprint density at radius 3 is 2.64 bits per heavy atom. The number of hydrogen-bond acceptors (Lipinski definition) is 3. The van der Waals surface area contributed by atoms with Crippen LogP contribution in [0.15, 0.2) is 42.9 Å². The van der Waals surface area contributed by atoms with Crippen LogP contribution in [0.3, 0.4) is 0 Å². The van der Waals surface area contributed by atoms with E-state index in [2.05, 4.69) is 4.98 Å². The number of imidazole rings is 1. The first-order valence-electron chi connectivity index (χ1n) is 8.80. The highest BCUT2D eigenvalue weighted by atomic mass is 16.2. The van der Waals surface area contributed by atoms with Gasteiger partial charge in [0, 0.05) is 31.7 Å². The van der Waals surface area contributed by atoms with E-state index in [0.717, 1.165) is 29.7 Å². The molecule has 3 aromatic rings. The van der Waals surface area contributed by atoms with E-state index >= 15 is 0 Å². The summed E-state index contributed by atoms with van der Waals surface area (Å²) in [6.45, 7) is 7.44. The van der Waals surface area contributed by atoms with Gasteiger partial charge in [0.1, 0.15) is 11.3 Å². The molecule has 0 aliphatic heterocycles. The highest BCUT2D eigenvalue weighted by molar-refractivity contribution is 5.95. The number of aromatic nitrogens is 3. The molecule has 25 heavy (non-hydrogen) atoms. The molecule has 0 atom stereocenters. The minimum Gasteiger partial charge on any atom is -0.337 e. The van der Waals surface area contributed by atoms with Crippen molar-refractivity contribution in [3.63, 3.8) is 0 Å². The molecule has 5 nitrogen and oxygen atoms in total. The lowest BCUT2D eigenvalue weighted by Gasteiger charge is -2.21. The molecule has 0 unspecified atom stereocenters. The van der Waals surface area contributed by atoms with Crippen LogP contribution in [0.4, 0.5) is 0 Å². The monoisotopic (exact) mass is 336 g/mol. The second-order valence-electron chi connectivity index (χ2n) is 6.14. The molecule has 5 heteroatoms. The quantitative estimate of drug-likeness (QED) is 0.694. The Kier molecular flexibility index (Phi) is 5.12. The van der Waals surface area contributed by atoms with E-state index in [-0.39, 0.29) is 5.91 Å². The molecule has 0 saturated heterocycles. The molecule has 3 heterocycles. The minimum absolute atomic E-state index is 0.0477. The molecular weight excluding hydrogens is 312 g/mol. The summed E-state index contributed by atoms with van der Waals surface area (Å²) >= 11 is 0. The number of hydrogen-bond donors (Lipinski definition) is 0. The van der Waals surface area contributed by atoms with Gasteiger partial charge in [-0.05, 0) is 56.0 Å². The maximum atomic E-state index is 13.2. The van der Waals surface area contributed by atoms with E-state index in [1.807, 2.05) is 60.5 Å². The lowest BCUT2D eigenvalue weighted by Crippen LogP contribution is -2.34. The van der Waals surface area contributed by atoms with Crippen molar-refractivity contribution in [2.75, 3.05) is 13.1 Å². The second kappa shape index (κ2) is 7.47. The van der Waals surface area contributed by atoms with Crippen molar-refractivity contribution in [1.82, 2.24) is 19.3 Å². The van der Waals surface area contributed by atoms with Gasteiger partial charge in [-0.15, -0.1) is 0 Å². The predicted octanol–water partition coefficient (Wildman–Crippen LogP) is 3.30. The number of fused-ring (bicyclic) bond motifs is 1. The highest BCUT2D eigenvalue weighted by Gasteiger charge is 2.23. The Hall–Kier alpha value is -2.69. The SMILES string of the molecule is CCc1nc2c(C)cccn2c1C(=O)N(CC)CCc1ccncc1. The van der Waals surface area contributed by atoms with Crippen LogP contribution in [0.1, 0.15) is 41.2 Å². The zero-order chi connectivity index (χ0) is 17.8. The molecule has 3 rings (SSSR count). The van der Waals surface area contributed by atoms with Crippen molar-refractivity contribution in [2.45, 2.75) is 33.6 Å². The summed E-state index contributed by atoms with van der Waals surface area (Å²) in [5.41, 5.74) is 4.69. The van der Waals surface area contributed by atoms with Crippen molar-refractivity contribution in [1.29, 1.82) is 0 Å². The first kappa shape index (κ1) is 17.1. The highest BCUT2D eigenvalue weighted by Crippen LogP contribution is 2.18. The maximum absolute atomic E-state index is 13.2. The van der Waals surface area contributed by atoms with Gasteiger partial charge in [-0.2, -0.15) is 0 Å². The summed E-state index contributed by atoms with van der Waals surface area (Å²) in [7, 11) is 0. The zero-order valence-electron chi connectivity index (χ0n) is 15.1. The number of nitrogens with zero attached hydrogens (tertiary/aromatic N) is 4. The number of carbonyl (C=O) groups excluding carboxylic acids is 1. The molecule has 0 aliphatic carbocycles. The van der Waals surface area contributed by atoms with Crippen LogP contribution < -0.4 is 0 Å². The molecule has 0 saturated carbocycles. The van der Waals surface area contributed by atoms with Crippen LogP contribution in [-0.2, 0) is 12.8 Å². The van der Waals surface area contributed by atoms with Gasteiger partial charge in [0.2, 0.25) is 0 Å². The fraction of sp³-hybridized carbons (Fsp3) is 0.350. The summed E-state index contributed by atoms with van der Waals surface area (Å²) in [6.07, 6.45) is 7.06. The lowest BCUT2D eigenvalue weighted by molar-refractivity contribution is 0.0758. The van der Waals surface area contributed by atoms with Crippen molar-refractivity contribution in [3.05, 3.63) is 65.4 Å². The molecule has 0 radical (unpaired) electrons. The first-order chi connectivity index (χ1) is 12.2. The van der Waals surface area contributed by atoms with E-state index < -0.39 is 0 Å². The molecular formula is C20H24N4O. The molecule has 0 N–H and O–H groups in total. The van der Waals surface area contributed by atoms with E-state index in [1.165, 1.54) is 5.56 Å². The largest absolute Gasteiger partial charge is 0.337 e. The molecule has 0 fully saturated rings. The predicted molar refractivity (Wildman–Crippen MR) is 98.8 cm³/mol. The summed E-state index contributed by atoms with van der Waals surface area (Å²) in [5.74, 6) is 0.0477. The number of amides is 1. The van der Waals surface area contributed by atoms with Crippen LogP contribution in [0.5, 0.6) is 0 Å². The Morgan fingerprint density at radius 1 is 1.20 bits per heavy atom. The molecule has 0 spiro atoms. The number of pyridine rings is 2.